The van der Waals surface area contributed by atoms with Crippen LogP contribution in [0.3, 0.4) is 0 Å². The Morgan fingerprint density at radius 1 is 1.11 bits per heavy atom. The summed E-state index contributed by atoms with van der Waals surface area (Å²) in [7, 11) is -3.87. The number of Topliss-reactive ketones (excluding diaryl/α,β-unsaturated/α-hetero) is 1. The predicted octanol–water partition coefficient (Wildman–Crippen LogP) is 2.86. The van der Waals surface area contributed by atoms with Crippen LogP contribution in [0.1, 0.15) is 24.1 Å². The molecule has 7 heteroatoms. The van der Waals surface area contributed by atoms with Crippen molar-refractivity contribution in [3.63, 3.8) is 0 Å². The number of ketones is 1. The van der Waals surface area contributed by atoms with Gasteiger partial charge in [0.2, 0.25) is 15.8 Å². The third kappa shape index (κ3) is 4.20. The second-order valence-electron chi connectivity index (χ2n) is 6.12. The fraction of sp³-hybridized carbons (Fsp3) is 0.250. The molecule has 0 aliphatic carbocycles. The van der Waals surface area contributed by atoms with E-state index in [2.05, 4.69) is 4.72 Å². The van der Waals surface area contributed by atoms with E-state index in [0.29, 0.717) is 12.2 Å². The molecule has 0 bridgehead atoms. The maximum absolute atomic E-state index is 12.9. The third-order valence-electron chi connectivity index (χ3n) is 4.16. The van der Waals surface area contributed by atoms with E-state index in [1.165, 1.54) is 12.1 Å². The first-order valence-corrected chi connectivity index (χ1v) is 10.1. The number of nitrogens with one attached hydrogen (secondary N) is 1. The highest BCUT2D eigenvalue weighted by atomic mass is 32.2. The molecular formula is C20H21NO5S. The van der Waals surface area contributed by atoms with Crippen molar-refractivity contribution in [3.05, 3.63) is 77.2 Å². The summed E-state index contributed by atoms with van der Waals surface area (Å²) in [6.07, 6.45) is 0. The van der Waals surface area contributed by atoms with Crippen LogP contribution in [-0.2, 0) is 24.3 Å². The first-order valence-electron chi connectivity index (χ1n) is 8.59. The van der Waals surface area contributed by atoms with Crippen molar-refractivity contribution in [1.29, 1.82) is 0 Å². The lowest BCUT2D eigenvalue weighted by molar-refractivity contribution is -0.117. The Hall–Kier alpha value is -2.64. The molecule has 1 atom stereocenters. The van der Waals surface area contributed by atoms with Gasteiger partial charge in [-0.15, -0.1) is 0 Å². The van der Waals surface area contributed by atoms with E-state index in [-0.39, 0.29) is 28.8 Å². The standard InChI is InChI=1S/C20H21NO5S/c1-3-25-20-18(17(22)13-26-20)19(15-7-5-4-6-8-15)21-27(23,24)16-11-9-14(2)10-12-16/h4-12,19,21H,3,13H2,1-2H3. The molecule has 1 aliphatic heterocycles. The van der Waals surface area contributed by atoms with Gasteiger partial charge in [-0.1, -0.05) is 48.0 Å². The molecule has 142 valence electrons. The maximum atomic E-state index is 12.9. The van der Waals surface area contributed by atoms with Gasteiger partial charge >= 0.3 is 0 Å². The van der Waals surface area contributed by atoms with Crippen molar-refractivity contribution in [2.45, 2.75) is 24.8 Å². The smallest absolute Gasteiger partial charge is 0.288 e. The third-order valence-corrected chi connectivity index (χ3v) is 5.59. The van der Waals surface area contributed by atoms with Gasteiger partial charge in [0.25, 0.3) is 5.95 Å². The lowest BCUT2D eigenvalue weighted by Gasteiger charge is -2.20. The first-order chi connectivity index (χ1) is 12.9. The number of benzene rings is 2. The van der Waals surface area contributed by atoms with Crippen molar-refractivity contribution in [2.75, 3.05) is 13.2 Å². The Morgan fingerprint density at radius 3 is 2.41 bits per heavy atom. The van der Waals surface area contributed by atoms with E-state index in [1.807, 2.05) is 13.0 Å². The van der Waals surface area contributed by atoms with Crippen LogP contribution in [0.5, 0.6) is 0 Å². The topological polar surface area (TPSA) is 81.7 Å². The number of hydrogen-bond acceptors (Lipinski definition) is 5. The van der Waals surface area contributed by atoms with Gasteiger partial charge in [-0.2, -0.15) is 4.72 Å². The molecule has 0 amide bonds. The van der Waals surface area contributed by atoms with E-state index in [4.69, 9.17) is 9.47 Å². The number of sulfonamides is 1. The lowest BCUT2D eigenvalue weighted by Crippen LogP contribution is -2.32. The highest BCUT2D eigenvalue weighted by Crippen LogP contribution is 2.31. The highest BCUT2D eigenvalue weighted by Gasteiger charge is 2.36. The minimum absolute atomic E-state index is 0.0722. The average Bonchev–Trinajstić information content (AvgIpc) is 3.01. The van der Waals surface area contributed by atoms with Crippen molar-refractivity contribution in [1.82, 2.24) is 4.72 Å². The lowest BCUT2D eigenvalue weighted by atomic mass is 9.98. The molecule has 6 nitrogen and oxygen atoms in total. The Labute approximate surface area is 158 Å². The monoisotopic (exact) mass is 387 g/mol. The van der Waals surface area contributed by atoms with E-state index in [1.54, 1.807) is 43.3 Å². The van der Waals surface area contributed by atoms with Gasteiger partial charge in [-0.05, 0) is 31.5 Å². The molecule has 1 heterocycles. The van der Waals surface area contributed by atoms with E-state index in [0.717, 1.165) is 5.56 Å². The molecule has 3 rings (SSSR count). The molecule has 2 aromatic carbocycles. The van der Waals surface area contributed by atoms with Gasteiger partial charge < -0.3 is 9.47 Å². The van der Waals surface area contributed by atoms with Crippen molar-refractivity contribution >= 4 is 15.8 Å². The summed E-state index contributed by atoms with van der Waals surface area (Å²) in [6, 6.07) is 14.5. The summed E-state index contributed by atoms with van der Waals surface area (Å²) in [6.45, 7) is 3.79. The Morgan fingerprint density at radius 2 is 1.78 bits per heavy atom. The van der Waals surface area contributed by atoms with Gasteiger partial charge in [0.15, 0.2) is 6.61 Å². The van der Waals surface area contributed by atoms with Crippen LogP contribution >= 0.6 is 0 Å². The molecule has 0 saturated carbocycles. The molecule has 2 aromatic rings. The number of hydrogen-bond donors (Lipinski definition) is 1. The number of aryl methyl sites for hydroxylation is 1. The summed E-state index contributed by atoms with van der Waals surface area (Å²) >= 11 is 0. The van der Waals surface area contributed by atoms with Crippen LogP contribution in [0.4, 0.5) is 0 Å². The van der Waals surface area contributed by atoms with Gasteiger partial charge in [-0.25, -0.2) is 8.42 Å². The van der Waals surface area contributed by atoms with Crippen molar-refractivity contribution in [3.8, 4) is 0 Å². The molecule has 0 aromatic heterocycles. The molecule has 1 N–H and O–H groups in total. The first kappa shape index (κ1) is 19.1. The Kier molecular flexibility index (Phi) is 5.62. The molecule has 1 aliphatic rings. The van der Waals surface area contributed by atoms with Crippen molar-refractivity contribution < 1.29 is 22.7 Å². The van der Waals surface area contributed by atoms with E-state index >= 15 is 0 Å². The molecule has 0 fully saturated rings. The van der Waals surface area contributed by atoms with Crippen LogP contribution in [0.2, 0.25) is 0 Å². The number of rotatable bonds is 7. The number of ether oxygens (including phenoxy) is 2. The quantitative estimate of drug-likeness (QED) is 0.790. The zero-order valence-corrected chi connectivity index (χ0v) is 16.0. The number of carbonyl (C=O) groups is 1. The Bertz CT molecular complexity index is 950. The summed E-state index contributed by atoms with van der Waals surface area (Å²) < 4.78 is 39.3. The summed E-state index contributed by atoms with van der Waals surface area (Å²) in [5.74, 6) is -0.234. The Balaban J connectivity index is 2.05. The van der Waals surface area contributed by atoms with E-state index < -0.39 is 16.1 Å². The molecule has 27 heavy (non-hydrogen) atoms. The van der Waals surface area contributed by atoms with Crippen LogP contribution in [-0.4, -0.2) is 27.4 Å². The van der Waals surface area contributed by atoms with Crippen LogP contribution < -0.4 is 4.72 Å². The number of carbonyl (C=O) groups excluding carboxylic acids is 1. The van der Waals surface area contributed by atoms with E-state index in [9.17, 15) is 13.2 Å². The fourth-order valence-electron chi connectivity index (χ4n) is 2.81. The highest BCUT2D eigenvalue weighted by molar-refractivity contribution is 7.89. The molecular weight excluding hydrogens is 366 g/mol. The second kappa shape index (κ2) is 7.94. The molecule has 0 radical (unpaired) electrons. The molecule has 0 spiro atoms. The second-order valence-corrected chi connectivity index (χ2v) is 7.84. The van der Waals surface area contributed by atoms with Gasteiger partial charge in [-0.3, -0.25) is 4.79 Å². The summed E-state index contributed by atoms with van der Waals surface area (Å²) in [4.78, 5) is 12.6. The average molecular weight is 387 g/mol. The largest absolute Gasteiger partial charge is 0.465 e. The van der Waals surface area contributed by atoms with Crippen LogP contribution in [0.25, 0.3) is 0 Å². The minimum Gasteiger partial charge on any atom is -0.465 e. The molecule has 0 saturated heterocycles. The van der Waals surface area contributed by atoms with Gasteiger partial charge in [0.1, 0.15) is 5.57 Å². The SMILES string of the molecule is CCOC1=C(C(NS(=O)(=O)c2ccc(C)cc2)c2ccccc2)C(=O)CO1. The normalized spacial score (nSPS) is 15.6. The van der Waals surface area contributed by atoms with Crippen molar-refractivity contribution in [2.24, 2.45) is 0 Å². The zero-order valence-electron chi connectivity index (χ0n) is 15.1. The summed E-state index contributed by atoms with van der Waals surface area (Å²) in [5, 5.41) is 0. The van der Waals surface area contributed by atoms with Crippen LogP contribution in [0, 0.1) is 6.92 Å². The van der Waals surface area contributed by atoms with Gasteiger partial charge in [0.05, 0.1) is 17.5 Å². The fourth-order valence-corrected chi connectivity index (χ4v) is 4.00. The van der Waals surface area contributed by atoms with Gasteiger partial charge in [0, 0.05) is 0 Å². The maximum Gasteiger partial charge on any atom is 0.288 e. The zero-order chi connectivity index (χ0) is 19.4. The predicted molar refractivity (Wildman–Crippen MR) is 100 cm³/mol. The minimum atomic E-state index is -3.87. The molecule has 1 unspecified atom stereocenters. The summed E-state index contributed by atoms with van der Waals surface area (Å²) in [5.41, 5.74) is 1.76. The van der Waals surface area contributed by atoms with Crippen LogP contribution in [0.15, 0.2) is 71.0 Å².